The molecule has 2 rings (SSSR count). The van der Waals surface area contributed by atoms with Gasteiger partial charge in [0.05, 0.1) is 18.2 Å². The molecule has 0 fully saturated rings. The number of halogens is 2. The fourth-order valence-corrected chi connectivity index (χ4v) is 2.13. The third kappa shape index (κ3) is 2.41. The van der Waals surface area contributed by atoms with Gasteiger partial charge < -0.3 is 4.98 Å². The first-order chi connectivity index (χ1) is 7.99. The summed E-state index contributed by atoms with van der Waals surface area (Å²) in [7, 11) is -3.94. The van der Waals surface area contributed by atoms with Crippen molar-refractivity contribution in [2.24, 2.45) is 0 Å². The Hall–Kier alpha value is -1.96. The number of rotatable bonds is 3. The molecule has 17 heavy (non-hydrogen) atoms. The predicted molar refractivity (Wildman–Crippen MR) is 55.8 cm³/mol. The first-order valence-electron chi connectivity index (χ1n) is 4.45. The second-order valence-electron chi connectivity index (χ2n) is 3.15. The van der Waals surface area contributed by atoms with E-state index < -0.39 is 21.7 Å². The summed E-state index contributed by atoms with van der Waals surface area (Å²) in [5.74, 6) is -1.78. The maximum atomic E-state index is 13.2. The third-order valence-electron chi connectivity index (χ3n) is 1.94. The van der Waals surface area contributed by atoms with Gasteiger partial charge in [-0.3, -0.25) is 4.72 Å². The maximum absolute atomic E-state index is 13.2. The van der Waals surface area contributed by atoms with Gasteiger partial charge in [-0.25, -0.2) is 13.8 Å². The zero-order valence-electron chi connectivity index (χ0n) is 8.31. The number of nitrogens with zero attached hydrogens (tertiary/aromatic N) is 1. The molecule has 0 amide bonds. The van der Waals surface area contributed by atoms with Crippen LogP contribution >= 0.6 is 0 Å². The van der Waals surface area contributed by atoms with Gasteiger partial charge in [0.25, 0.3) is 10.0 Å². The van der Waals surface area contributed by atoms with Crippen molar-refractivity contribution in [1.82, 2.24) is 9.97 Å². The zero-order valence-corrected chi connectivity index (χ0v) is 9.13. The molecule has 0 aliphatic rings. The molecule has 5 nitrogen and oxygen atoms in total. The van der Waals surface area contributed by atoms with Crippen LogP contribution in [0.5, 0.6) is 0 Å². The lowest BCUT2D eigenvalue weighted by Gasteiger charge is -2.06. The topological polar surface area (TPSA) is 74.8 Å². The molecule has 0 spiro atoms. The fourth-order valence-electron chi connectivity index (χ4n) is 1.16. The number of H-pyrrole nitrogens is 1. The molecule has 0 unspecified atom stereocenters. The summed E-state index contributed by atoms with van der Waals surface area (Å²) in [6, 6.07) is 2.54. The molecule has 0 aliphatic carbocycles. The van der Waals surface area contributed by atoms with Gasteiger partial charge in [0.2, 0.25) is 0 Å². The molecule has 2 N–H and O–H groups in total. The first kappa shape index (κ1) is 11.5. The van der Waals surface area contributed by atoms with E-state index in [4.69, 9.17) is 0 Å². The smallest absolute Gasteiger partial charge is 0.279 e. The van der Waals surface area contributed by atoms with Gasteiger partial charge in [0.15, 0.2) is 5.03 Å². The van der Waals surface area contributed by atoms with Gasteiger partial charge in [-0.2, -0.15) is 8.42 Å². The van der Waals surface area contributed by atoms with Crippen LogP contribution in [0.4, 0.5) is 14.5 Å². The van der Waals surface area contributed by atoms with Gasteiger partial charge in [0.1, 0.15) is 11.6 Å². The number of aromatic amines is 1. The van der Waals surface area contributed by atoms with E-state index in [1.54, 1.807) is 0 Å². The number of benzene rings is 1. The highest BCUT2D eigenvalue weighted by molar-refractivity contribution is 7.92. The summed E-state index contributed by atoms with van der Waals surface area (Å²) in [5.41, 5.74) is -0.332. The Labute approximate surface area is 95.6 Å². The van der Waals surface area contributed by atoms with E-state index in [1.807, 2.05) is 4.72 Å². The molecular weight excluding hydrogens is 252 g/mol. The van der Waals surface area contributed by atoms with Crippen molar-refractivity contribution in [3.05, 3.63) is 42.4 Å². The Morgan fingerprint density at radius 1 is 1.29 bits per heavy atom. The van der Waals surface area contributed by atoms with Crippen LogP contribution in [0.2, 0.25) is 0 Å². The molecular formula is C9H7F2N3O2S. The molecule has 1 heterocycles. The molecule has 1 aromatic heterocycles. The van der Waals surface area contributed by atoms with Crippen LogP contribution in [0, 0.1) is 11.6 Å². The van der Waals surface area contributed by atoms with Crippen molar-refractivity contribution in [2.45, 2.75) is 5.03 Å². The lowest BCUT2D eigenvalue weighted by molar-refractivity contribution is 0.582. The average Bonchev–Trinajstić information content (AvgIpc) is 2.76. The molecule has 0 aliphatic heterocycles. The van der Waals surface area contributed by atoms with Gasteiger partial charge >= 0.3 is 0 Å². The zero-order chi connectivity index (χ0) is 12.5. The Morgan fingerprint density at radius 2 is 2.06 bits per heavy atom. The number of imidazole rings is 1. The van der Waals surface area contributed by atoms with E-state index in [9.17, 15) is 17.2 Å². The first-order valence-corrected chi connectivity index (χ1v) is 5.93. The summed E-state index contributed by atoms with van der Waals surface area (Å²) in [5, 5.41) is -0.207. The van der Waals surface area contributed by atoms with Crippen molar-refractivity contribution in [1.29, 1.82) is 0 Å². The van der Waals surface area contributed by atoms with Crippen LogP contribution < -0.4 is 4.72 Å². The molecule has 0 atom stereocenters. The standard InChI is InChI=1S/C9H7F2N3O2S/c10-6-1-2-8(7(11)3-6)14-17(15,16)9-4-12-5-13-9/h1-5,14H,(H,12,13). The number of sulfonamides is 1. The van der Waals surface area contributed by atoms with Crippen molar-refractivity contribution >= 4 is 15.7 Å². The molecule has 0 saturated heterocycles. The number of anilines is 1. The average molecular weight is 259 g/mol. The molecule has 1 aromatic carbocycles. The Balaban J connectivity index is 2.33. The predicted octanol–water partition coefficient (Wildman–Crippen LogP) is 1.49. The fraction of sp³-hybridized carbons (Fsp3) is 0. The summed E-state index contributed by atoms with van der Waals surface area (Å²) in [4.78, 5) is 5.91. The number of hydrogen-bond donors (Lipinski definition) is 2. The summed E-state index contributed by atoms with van der Waals surface area (Å²) >= 11 is 0. The van der Waals surface area contributed by atoms with Gasteiger partial charge in [-0.15, -0.1) is 0 Å². The van der Waals surface area contributed by atoms with Crippen LogP contribution in [0.1, 0.15) is 0 Å². The van der Waals surface area contributed by atoms with Crippen LogP contribution in [-0.2, 0) is 10.0 Å². The van der Waals surface area contributed by atoms with Crippen molar-refractivity contribution < 1.29 is 17.2 Å². The van der Waals surface area contributed by atoms with E-state index in [2.05, 4.69) is 9.97 Å². The summed E-state index contributed by atoms with van der Waals surface area (Å²) < 4.78 is 51.1. The highest BCUT2D eigenvalue weighted by Gasteiger charge is 2.17. The van der Waals surface area contributed by atoms with Gasteiger partial charge in [-0.05, 0) is 12.1 Å². The molecule has 2 aromatic rings. The highest BCUT2D eigenvalue weighted by Crippen LogP contribution is 2.18. The minimum atomic E-state index is -3.94. The normalized spacial score (nSPS) is 11.4. The van der Waals surface area contributed by atoms with Crippen molar-refractivity contribution in [3.8, 4) is 0 Å². The second kappa shape index (κ2) is 4.13. The monoisotopic (exact) mass is 259 g/mol. The number of aromatic nitrogens is 2. The summed E-state index contributed by atoms with van der Waals surface area (Å²) in [6.07, 6.45) is 2.25. The minimum absolute atomic E-state index is 0.207. The Kier molecular flexibility index (Phi) is 2.80. The van der Waals surface area contributed by atoms with Gasteiger partial charge in [-0.1, -0.05) is 0 Å². The quantitative estimate of drug-likeness (QED) is 0.876. The second-order valence-corrected chi connectivity index (χ2v) is 4.80. The number of nitrogens with one attached hydrogen (secondary N) is 2. The van der Waals surface area contributed by atoms with Crippen LogP contribution in [-0.4, -0.2) is 18.4 Å². The van der Waals surface area contributed by atoms with Gasteiger partial charge in [0, 0.05) is 6.07 Å². The van der Waals surface area contributed by atoms with Crippen LogP contribution in [0.25, 0.3) is 0 Å². The van der Waals surface area contributed by atoms with Crippen LogP contribution in [0.15, 0.2) is 35.7 Å². The van der Waals surface area contributed by atoms with Crippen molar-refractivity contribution in [2.75, 3.05) is 4.72 Å². The van der Waals surface area contributed by atoms with E-state index in [0.717, 1.165) is 18.3 Å². The third-order valence-corrected chi connectivity index (χ3v) is 3.23. The molecule has 8 heteroatoms. The molecule has 90 valence electrons. The Morgan fingerprint density at radius 3 is 2.65 bits per heavy atom. The van der Waals surface area contributed by atoms with E-state index in [-0.39, 0.29) is 10.7 Å². The highest BCUT2D eigenvalue weighted by atomic mass is 32.2. The minimum Gasteiger partial charge on any atom is -0.334 e. The Bertz CT molecular complexity index is 626. The molecule has 0 radical (unpaired) electrons. The largest absolute Gasteiger partial charge is 0.334 e. The molecule has 0 saturated carbocycles. The molecule has 0 bridgehead atoms. The van der Waals surface area contributed by atoms with Crippen LogP contribution in [0.3, 0.4) is 0 Å². The maximum Gasteiger partial charge on any atom is 0.279 e. The summed E-state index contributed by atoms with van der Waals surface area (Å²) in [6.45, 7) is 0. The van der Waals surface area contributed by atoms with E-state index in [0.29, 0.717) is 6.07 Å². The lowest BCUT2D eigenvalue weighted by Crippen LogP contribution is -2.14. The van der Waals surface area contributed by atoms with Crippen molar-refractivity contribution in [3.63, 3.8) is 0 Å². The van der Waals surface area contributed by atoms with E-state index in [1.165, 1.54) is 6.33 Å². The SMILES string of the molecule is O=S(=O)(Nc1ccc(F)cc1F)c1cnc[nH]1. The lowest BCUT2D eigenvalue weighted by atomic mass is 10.3. The number of hydrogen-bond acceptors (Lipinski definition) is 3. The van der Waals surface area contributed by atoms with E-state index >= 15 is 0 Å².